The number of amides is 1. The topological polar surface area (TPSA) is 67.0 Å². The number of nitriles is 1. The Morgan fingerprint density at radius 3 is 2.93 bits per heavy atom. The molecule has 0 saturated carbocycles. The van der Waals surface area contributed by atoms with Crippen LogP contribution in [0.2, 0.25) is 0 Å². The Kier molecular flexibility index (Phi) is 6.20. The normalized spacial score (nSPS) is 16.1. The number of nitrogens with one attached hydrogen (secondary N) is 1. The van der Waals surface area contributed by atoms with Gasteiger partial charge in [0.15, 0.2) is 0 Å². The van der Waals surface area contributed by atoms with Gasteiger partial charge in [0.2, 0.25) is 0 Å². The molecule has 1 atom stereocenters. The van der Waals surface area contributed by atoms with Crippen LogP contribution in [-0.2, 0) is 11.3 Å². The highest BCUT2D eigenvalue weighted by atomic mass is 16.5. The monoisotopic (exact) mass is 377 g/mol. The number of aromatic nitrogens is 1. The largest absolute Gasteiger partial charge is 0.493 e. The zero-order chi connectivity index (χ0) is 20.1. The van der Waals surface area contributed by atoms with E-state index in [2.05, 4.69) is 29.8 Å². The number of nitrogens with zero attached hydrogens (tertiary/aromatic N) is 2. The van der Waals surface area contributed by atoms with E-state index in [1.165, 1.54) is 0 Å². The van der Waals surface area contributed by atoms with Crippen molar-refractivity contribution < 1.29 is 9.53 Å². The maximum atomic E-state index is 12.8. The number of hydrogen-bond donors (Lipinski definition) is 1. The average molecular weight is 377 g/mol. The molecule has 5 nitrogen and oxygen atoms in total. The first-order chi connectivity index (χ1) is 13.5. The van der Waals surface area contributed by atoms with Gasteiger partial charge in [0, 0.05) is 29.9 Å². The number of fused-ring (bicyclic) bond motifs is 1. The molecule has 1 N–H and O–H groups in total. The maximum Gasteiger partial charge on any atom is 0.262 e. The van der Waals surface area contributed by atoms with Crippen molar-refractivity contribution in [3.05, 3.63) is 58.4 Å². The molecule has 0 saturated heterocycles. The summed E-state index contributed by atoms with van der Waals surface area (Å²) >= 11 is 0. The van der Waals surface area contributed by atoms with Crippen molar-refractivity contribution in [2.45, 2.75) is 52.6 Å². The molecule has 3 rings (SSSR count). The second-order valence-electron chi connectivity index (χ2n) is 7.20. The highest BCUT2D eigenvalue weighted by Crippen LogP contribution is 2.31. The lowest BCUT2D eigenvalue weighted by Gasteiger charge is -2.26. The Labute approximate surface area is 166 Å². The fraction of sp³-hybridized carbons (Fsp3) is 0.391. The second kappa shape index (κ2) is 8.79. The quantitative estimate of drug-likeness (QED) is 0.597. The molecule has 146 valence electrons. The summed E-state index contributed by atoms with van der Waals surface area (Å²) in [5.41, 5.74) is 4.24. The predicted molar refractivity (Wildman–Crippen MR) is 110 cm³/mol. The van der Waals surface area contributed by atoms with Gasteiger partial charge in [0.25, 0.3) is 5.91 Å². The molecule has 0 bridgehead atoms. The summed E-state index contributed by atoms with van der Waals surface area (Å²) in [6, 6.07) is 11.7. The molecule has 0 aliphatic carbocycles. The van der Waals surface area contributed by atoms with Crippen LogP contribution in [0.15, 0.2) is 35.9 Å². The standard InChI is InChI=1S/C23H27N3O2/c1-4-5-11-26-16(2)13-18(17(26)3)14-19(15-24)23(27)25-21-10-12-28-22-9-7-6-8-20(21)22/h6-9,13-14,21H,4-5,10-12H2,1-3H3,(H,25,27)/b19-14+/t21-/m1/s1. The first-order valence-electron chi connectivity index (χ1n) is 9.86. The fourth-order valence-corrected chi connectivity index (χ4v) is 3.67. The average Bonchev–Trinajstić information content (AvgIpc) is 2.97. The smallest absolute Gasteiger partial charge is 0.262 e. The molecule has 2 heterocycles. The van der Waals surface area contributed by atoms with Gasteiger partial charge in [-0.15, -0.1) is 0 Å². The molecule has 28 heavy (non-hydrogen) atoms. The Morgan fingerprint density at radius 1 is 1.39 bits per heavy atom. The lowest BCUT2D eigenvalue weighted by molar-refractivity contribution is -0.117. The number of ether oxygens (including phenoxy) is 1. The van der Waals surface area contributed by atoms with Crippen molar-refractivity contribution in [1.82, 2.24) is 9.88 Å². The van der Waals surface area contributed by atoms with E-state index in [9.17, 15) is 10.1 Å². The highest BCUT2D eigenvalue weighted by molar-refractivity contribution is 6.02. The SMILES string of the molecule is CCCCn1c(C)cc(/C=C(\C#N)C(=O)N[C@@H]2CCOc3ccccc32)c1C. The van der Waals surface area contributed by atoms with E-state index in [0.29, 0.717) is 13.0 Å². The number of aryl methyl sites for hydroxylation is 1. The van der Waals surface area contributed by atoms with Crippen LogP contribution in [0.3, 0.4) is 0 Å². The number of hydrogen-bond acceptors (Lipinski definition) is 3. The predicted octanol–water partition coefficient (Wildman–Crippen LogP) is 4.45. The minimum Gasteiger partial charge on any atom is -0.493 e. The van der Waals surface area contributed by atoms with E-state index >= 15 is 0 Å². The lowest BCUT2D eigenvalue weighted by Crippen LogP contribution is -2.32. The molecule has 0 radical (unpaired) electrons. The van der Waals surface area contributed by atoms with Gasteiger partial charge in [-0.3, -0.25) is 4.79 Å². The van der Waals surface area contributed by atoms with Crippen LogP contribution in [0, 0.1) is 25.2 Å². The van der Waals surface area contributed by atoms with Gasteiger partial charge in [0.05, 0.1) is 12.6 Å². The molecule has 1 aromatic heterocycles. The minimum absolute atomic E-state index is 0.125. The van der Waals surface area contributed by atoms with E-state index in [-0.39, 0.29) is 17.5 Å². The maximum absolute atomic E-state index is 12.8. The summed E-state index contributed by atoms with van der Waals surface area (Å²) < 4.78 is 7.89. The second-order valence-corrected chi connectivity index (χ2v) is 7.20. The van der Waals surface area contributed by atoms with Gasteiger partial charge in [0.1, 0.15) is 17.4 Å². The van der Waals surface area contributed by atoms with Crippen molar-refractivity contribution in [2.75, 3.05) is 6.61 Å². The molecule has 1 aromatic carbocycles. The van der Waals surface area contributed by atoms with Gasteiger partial charge in [-0.25, -0.2) is 0 Å². The number of benzene rings is 1. The van der Waals surface area contributed by atoms with E-state index in [1.54, 1.807) is 6.08 Å². The van der Waals surface area contributed by atoms with E-state index < -0.39 is 0 Å². The fourth-order valence-electron chi connectivity index (χ4n) is 3.67. The van der Waals surface area contributed by atoms with Crippen LogP contribution < -0.4 is 10.1 Å². The highest BCUT2D eigenvalue weighted by Gasteiger charge is 2.24. The molecular formula is C23H27N3O2. The zero-order valence-corrected chi connectivity index (χ0v) is 16.8. The Morgan fingerprint density at radius 2 is 2.18 bits per heavy atom. The first-order valence-corrected chi connectivity index (χ1v) is 9.86. The molecule has 0 fully saturated rings. The first kappa shape index (κ1) is 19.8. The molecule has 5 heteroatoms. The lowest BCUT2D eigenvalue weighted by atomic mass is 10.00. The van der Waals surface area contributed by atoms with Crippen molar-refractivity contribution in [3.63, 3.8) is 0 Å². The minimum atomic E-state index is -0.345. The summed E-state index contributed by atoms with van der Waals surface area (Å²) in [7, 11) is 0. The van der Waals surface area contributed by atoms with Crippen LogP contribution in [0.25, 0.3) is 6.08 Å². The molecule has 1 aliphatic rings. The van der Waals surface area contributed by atoms with Gasteiger partial charge in [-0.1, -0.05) is 31.5 Å². The summed E-state index contributed by atoms with van der Waals surface area (Å²) in [5, 5.41) is 12.6. The zero-order valence-electron chi connectivity index (χ0n) is 16.8. The van der Waals surface area contributed by atoms with Crippen molar-refractivity contribution in [1.29, 1.82) is 5.26 Å². The Balaban J connectivity index is 1.81. The third-order valence-electron chi connectivity index (χ3n) is 5.28. The molecular weight excluding hydrogens is 350 g/mol. The molecule has 0 spiro atoms. The summed E-state index contributed by atoms with van der Waals surface area (Å²) in [5.74, 6) is 0.448. The van der Waals surface area contributed by atoms with Crippen LogP contribution in [0.5, 0.6) is 5.75 Å². The third-order valence-corrected chi connectivity index (χ3v) is 5.28. The van der Waals surface area contributed by atoms with Crippen molar-refractivity contribution >= 4 is 12.0 Å². The number of unbranched alkanes of at least 4 members (excludes halogenated alkanes) is 1. The number of rotatable bonds is 6. The van der Waals surface area contributed by atoms with Crippen LogP contribution in [0.4, 0.5) is 0 Å². The van der Waals surface area contributed by atoms with Gasteiger partial charge >= 0.3 is 0 Å². The van der Waals surface area contributed by atoms with Gasteiger partial charge in [-0.2, -0.15) is 5.26 Å². The van der Waals surface area contributed by atoms with Crippen LogP contribution in [0.1, 0.15) is 54.7 Å². The molecule has 0 unspecified atom stereocenters. The molecule has 1 aliphatic heterocycles. The van der Waals surface area contributed by atoms with Gasteiger partial charge in [-0.05, 0) is 44.0 Å². The number of carbonyl (C=O) groups excluding carboxylic acids is 1. The Bertz CT molecular complexity index is 934. The summed E-state index contributed by atoms with van der Waals surface area (Å²) in [6.07, 6.45) is 4.62. The molecule has 1 amide bonds. The van der Waals surface area contributed by atoms with E-state index in [1.807, 2.05) is 37.3 Å². The van der Waals surface area contributed by atoms with Crippen molar-refractivity contribution in [2.24, 2.45) is 0 Å². The van der Waals surface area contributed by atoms with Crippen molar-refractivity contribution in [3.8, 4) is 11.8 Å². The van der Waals surface area contributed by atoms with E-state index in [0.717, 1.165) is 47.7 Å². The summed E-state index contributed by atoms with van der Waals surface area (Å²) in [6.45, 7) is 7.77. The van der Waals surface area contributed by atoms with E-state index in [4.69, 9.17) is 4.74 Å². The van der Waals surface area contributed by atoms with Gasteiger partial charge < -0.3 is 14.6 Å². The molecule has 2 aromatic rings. The number of para-hydroxylation sites is 1. The third kappa shape index (κ3) is 4.12. The summed E-state index contributed by atoms with van der Waals surface area (Å²) in [4.78, 5) is 12.8. The Hall–Kier alpha value is -3.00. The van der Waals surface area contributed by atoms with Crippen LogP contribution >= 0.6 is 0 Å². The number of carbonyl (C=O) groups is 1. The van der Waals surface area contributed by atoms with Crippen LogP contribution in [-0.4, -0.2) is 17.1 Å².